The number of anilines is 1. The predicted molar refractivity (Wildman–Crippen MR) is 100.0 cm³/mol. The number of carbonyl (C=O) groups is 1. The topological polar surface area (TPSA) is 63.1 Å². The minimum Gasteiger partial charge on any atom is -0.324 e. The molecule has 2 heterocycles. The largest absolute Gasteiger partial charge is 0.324 e. The molecule has 1 aliphatic heterocycles. The molecule has 1 N–H and O–H groups in total. The van der Waals surface area contributed by atoms with Crippen LogP contribution in [-0.2, 0) is 4.79 Å². The highest BCUT2D eigenvalue weighted by molar-refractivity contribution is 5.95. The third-order valence-corrected chi connectivity index (χ3v) is 4.69. The van der Waals surface area contributed by atoms with Gasteiger partial charge in [0.2, 0.25) is 5.91 Å². The Labute approximate surface area is 152 Å². The van der Waals surface area contributed by atoms with Gasteiger partial charge in [-0.3, -0.25) is 9.69 Å². The van der Waals surface area contributed by atoms with Crippen molar-refractivity contribution >= 4 is 11.6 Å². The van der Waals surface area contributed by atoms with Gasteiger partial charge in [0.15, 0.2) is 0 Å². The molecule has 1 atom stereocenters. The van der Waals surface area contributed by atoms with Crippen LogP contribution in [0.4, 0.5) is 5.69 Å². The van der Waals surface area contributed by atoms with Crippen molar-refractivity contribution in [2.75, 3.05) is 18.4 Å². The molecule has 1 saturated heterocycles. The number of carbonyl (C=O) groups excluding carboxylic acids is 1. The van der Waals surface area contributed by atoms with Crippen LogP contribution in [0, 0.1) is 0 Å². The minimum absolute atomic E-state index is 0.00612. The van der Waals surface area contributed by atoms with Gasteiger partial charge in [-0.1, -0.05) is 30.3 Å². The summed E-state index contributed by atoms with van der Waals surface area (Å²) in [5.74, 6) is 0.00612. The molecule has 1 amide bonds. The Bertz CT molecular complexity index is 840. The second-order valence-corrected chi connectivity index (χ2v) is 6.43. The van der Waals surface area contributed by atoms with Crippen molar-refractivity contribution in [1.29, 1.82) is 0 Å². The number of hydrogen-bond donors (Lipinski definition) is 1. The van der Waals surface area contributed by atoms with E-state index in [4.69, 9.17) is 0 Å². The highest BCUT2D eigenvalue weighted by atomic mass is 16.2. The molecule has 6 nitrogen and oxygen atoms in total. The molecule has 0 bridgehead atoms. The van der Waals surface area contributed by atoms with E-state index in [2.05, 4.69) is 20.3 Å². The first kappa shape index (κ1) is 16.5. The summed E-state index contributed by atoms with van der Waals surface area (Å²) >= 11 is 0. The maximum Gasteiger partial charge on any atom is 0.246 e. The number of rotatable bonds is 5. The summed E-state index contributed by atoms with van der Waals surface area (Å²) in [4.78, 5) is 19.2. The van der Waals surface area contributed by atoms with Crippen LogP contribution in [0.15, 0.2) is 67.3 Å². The van der Waals surface area contributed by atoms with Gasteiger partial charge in [-0.15, -0.1) is 0 Å². The van der Waals surface area contributed by atoms with Gasteiger partial charge in [-0.25, -0.2) is 9.67 Å². The Balaban J connectivity index is 1.52. The molecule has 2 aromatic carbocycles. The van der Waals surface area contributed by atoms with Crippen molar-refractivity contribution in [2.45, 2.75) is 18.9 Å². The average Bonchev–Trinajstić information content (AvgIpc) is 3.38. The summed E-state index contributed by atoms with van der Waals surface area (Å²) < 4.78 is 1.68. The molecular weight excluding hydrogens is 326 g/mol. The van der Waals surface area contributed by atoms with E-state index in [1.54, 1.807) is 11.0 Å². The number of benzene rings is 2. The summed E-state index contributed by atoms with van der Waals surface area (Å²) in [5.41, 5.74) is 2.71. The van der Waals surface area contributed by atoms with Gasteiger partial charge < -0.3 is 5.32 Å². The van der Waals surface area contributed by atoms with Crippen LogP contribution in [0.25, 0.3) is 5.69 Å². The third kappa shape index (κ3) is 3.50. The highest BCUT2D eigenvalue weighted by Crippen LogP contribution is 2.26. The number of amides is 1. The zero-order valence-corrected chi connectivity index (χ0v) is 14.5. The molecule has 0 aliphatic carbocycles. The van der Waals surface area contributed by atoms with E-state index in [0.29, 0.717) is 0 Å². The summed E-state index contributed by atoms with van der Waals surface area (Å²) in [7, 11) is 0. The van der Waals surface area contributed by atoms with E-state index in [9.17, 15) is 4.79 Å². The van der Waals surface area contributed by atoms with E-state index in [1.165, 1.54) is 6.33 Å². The van der Waals surface area contributed by atoms with Gasteiger partial charge >= 0.3 is 0 Å². The lowest BCUT2D eigenvalue weighted by Crippen LogP contribution is -2.35. The molecule has 0 saturated carbocycles. The quantitative estimate of drug-likeness (QED) is 0.770. The molecule has 132 valence electrons. The van der Waals surface area contributed by atoms with Crippen LogP contribution >= 0.6 is 0 Å². The molecule has 0 unspecified atom stereocenters. The normalized spacial score (nSPS) is 15.7. The Morgan fingerprint density at radius 3 is 2.38 bits per heavy atom. The van der Waals surface area contributed by atoms with Crippen LogP contribution in [0.1, 0.15) is 24.4 Å². The zero-order valence-electron chi connectivity index (χ0n) is 14.5. The fraction of sp³-hybridized carbons (Fsp3) is 0.250. The molecule has 0 radical (unpaired) electrons. The Hall–Kier alpha value is -2.99. The van der Waals surface area contributed by atoms with E-state index in [0.717, 1.165) is 42.9 Å². The SMILES string of the molecule is O=C(Nc1ccc(-n2cncn2)cc1)[C@H](c1ccccc1)N1CCCC1. The van der Waals surface area contributed by atoms with Crippen molar-refractivity contribution in [3.05, 3.63) is 72.8 Å². The fourth-order valence-corrected chi connectivity index (χ4v) is 3.41. The highest BCUT2D eigenvalue weighted by Gasteiger charge is 2.29. The molecular formula is C20H21N5O. The number of aromatic nitrogens is 3. The van der Waals surface area contributed by atoms with Crippen molar-refractivity contribution < 1.29 is 4.79 Å². The molecule has 1 fully saturated rings. The first-order valence-electron chi connectivity index (χ1n) is 8.86. The Morgan fingerprint density at radius 2 is 1.73 bits per heavy atom. The zero-order chi connectivity index (χ0) is 17.8. The van der Waals surface area contributed by atoms with Gasteiger partial charge in [0.25, 0.3) is 0 Å². The number of likely N-dealkylation sites (tertiary alicyclic amines) is 1. The first-order chi connectivity index (χ1) is 12.8. The minimum atomic E-state index is -0.256. The van der Waals surface area contributed by atoms with E-state index < -0.39 is 0 Å². The van der Waals surface area contributed by atoms with Crippen LogP contribution in [0.5, 0.6) is 0 Å². The summed E-state index contributed by atoms with van der Waals surface area (Å²) in [6.45, 7) is 1.91. The van der Waals surface area contributed by atoms with E-state index in [1.807, 2.05) is 54.6 Å². The standard InChI is InChI=1S/C20H21N5O/c26-20(19(24-12-4-5-13-24)16-6-2-1-3-7-16)23-17-8-10-18(11-9-17)25-15-21-14-22-25/h1-3,6-11,14-15,19H,4-5,12-13H2,(H,23,26)/t19-/m0/s1. The smallest absolute Gasteiger partial charge is 0.246 e. The summed E-state index contributed by atoms with van der Waals surface area (Å²) in [6.07, 6.45) is 5.43. The van der Waals surface area contributed by atoms with Gasteiger partial charge in [0, 0.05) is 5.69 Å². The first-order valence-corrected chi connectivity index (χ1v) is 8.86. The monoisotopic (exact) mass is 347 g/mol. The number of hydrogen-bond acceptors (Lipinski definition) is 4. The molecule has 6 heteroatoms. The van der Waals surface area contributed by atoms with Crippen LogP contribution in [-0.4, -0.2) is 38.7 Å². The Morgan fingerprint density at radius 1 is 1.00 bits per heavy atom. The Kier molecular flexibility index (Phi) is 4.75. The number of nitrogens with zero attached hydrogens (tertiary/aromatic N) is 4. The van der Waals surface area contributed by atoms with Crippen molar-refractivity contribution in [3.63, 3.8) is 0 Å². The second kappa shape index (κ2) is 7.49. The van der Waals surface area contributed by atoms with Gasteiger partial charge in [0.1, 0.15) is 18.7 Å². The second-order valence-electron chi connectivity index (χ2n) is 6.43. The van der Waals surface area contributed by atoms with Crippen molar-refractivity contribution in [2.24, 2.45) is 0 Å². The lowest BCUT2D eigenvalue weighted by atomic mass is 10.0. The van der Waals surface area contributed by atoms with Crippen LogP contribution < -0.4 is 5.32 Å². The maximum atomic E-state index is 13.0. The predicted octanol–water partition coefficient (Wildman–Crippen LogP) is 3.04. The van der Waals surface area contributed by atoms with E-state index >= 15 is 0 Å². The van der Waals surface area contributed by atoms with E-state index in [-0.39, 0.29) is 11.9 Å². The maximum absolute atomic E-state index is 13.0. The number of nitrogens with one attached hydrogen (secondary N) is 1. The fourth-order valence-electron chi connectivity index (χ4n) is 3.41. The molecule has 4 rings (SSSR count). The molecule has 1 aliphatic rings. The third-order valence-electron chi connectivity index (χ3n) is 4.69. The molecule has 1 aromatic heterocycles. The lowest BCUT2D eigenvalue weighted by Gasteiger charge is -2.27. The van der Waals surface area contributed by atoms with Crippen LogP contribution in [0.3, 0.4) is 0 Å². The van der Waals surface area contributed by atoms with Crippen LogP contribution in [0.2, 0.25) is 0 Å². The molecule has 3 aromatic rings. The van der Waals surface area contributed by atoms with Gasteiger partial charge in [-0.05, 0) is 55.8 Å². The molecule has 26 heavy (non-hydrogen) atoms. The summed E-state index contributed by atoms with van der Waals surface area (Å²) in [6, 6.07) is 17.3. The molecule has 0 spiro atoms. The average molecular weight is 347 g/mol. The van der Waals surface area contributed by atoms with Crippen molar-refractivity contribution in [1.82, 2.24) is 19.7 Å². The lowest BCUT2D eigenvalue weighted by molar-refractivity contribution is -0.121. The summed E-state index contributed by atoms with van der Waals surface area (Å²) in [5, 5.41) is 7.17. The van der Waals surface area contributed by atoms with Crippen molar-refractivity contribution in [3.8, 4) is 5.69 Å². The van der Waals surface area contributed by atoms with Gasteiger partial charge in [-0.2, -0.15) is 5.10 Å². The van der Waals surface area contributed by atoms with Gasteiger partial charge in [0.05, 0.1) is 5.69 Å².